The molecule has 0 saturated carbocycles. The molecule has 0 spiro atoms. The van der Waals surface area contributed by atoms with Crippen molar-refractivity contribution >= 4 is 23.7 Å². The summed E-state index contributed by atoms with van der Waals surface area (Å²) in [5, 5.41) is 0.535. The molecule has 0 aliphatic rings. The first-order chi connectivity index (χ1) is 7.04. The largest absolute Gasteiger partial charge is 0.459 e. The van der Waals surface area contributed by atoms with E-state index in [4.69, 9.17) is 10.5 Å². The maximum Gasteiger partial charge on any atom is 0.342 e. The Morgan fingerprint density at radius 2 is 2.27 bits per heavy atom. The van der Waals surface area contributed by atoms with E-state index in [0.717, 1.165) is 0 Å². The fourth-order valence-electron chi connectivity index (χ4n) is 0.952. The zero-order valence-electron chi connectivity index (χ0n) is 8.85. The molecule has 1 rings (SSSR count). The van der Waals surface area contributed by atoms with E-state index >= 15 is 0 Å². The van der Waals surface area contributed by atoms with Crippen molar-refractivity contribution in [1.82, 2.24) is 9.97 Å². The summed E-state index contributed by atoms with van der Waals surface area (Å²) < 4.78 is 5.05. The molecule has 0 amide bonds. The number of aromatic nitrogens is 2. The van der Waals surface area contributed by atoms with Crippen molar-refractivity contribution in [1.29, 1.82) is 0 Å². The summed E-state index contributed by atoms with van der Waals surface area (Å²) in [7, 11) is 0. The predicted molar refractivity (Wildman–Crippen MR) is 58.8 cm³/mol. The van der Waals surface area contributed by atoms with Gasteiger partial charge in [-0.3, -0.25) is 0 Å². The van der Waals surface area contributed by atoms with Gasteiger partial charge in [-0.25, -0.2) is 14.8 Å². The van der Waals surface area contributed by atoms with E-state index in [1.54, 1.807) is 13.8 Å². The summed E-state index contributed by atoms with van der Waals surface area (Å²) in [6, 6.07) is 0. The SMILES string of the molecule is CSc1nc(N)ncc1C(=O)OC(C)C. The molecule has 0 fully saturated rings. The predicted octanol–water partition coefficient (Wildman–Crippen LogP) is 1.35. The first-order valence-corrected chi connectivity index (χ1v) is 5.64. The molecule has 0 atom stereocenters. The Balaban J connectivity index is 2.97. The van der Waals surface area contributed by atoms with Gasteiger partial charge in [0, 0.05) is 6.20 Å². The number of carbonyl (C=O) groups excluding carboxylic acids is 1. The number of nitrogens with zero attached hydrogens (tertiary/aromatic N) is 2. The number of esters is 1. The van der Waals surface area contributed by atoms with Gasteiger partial charge in [-0.2, -0.15) is 0 Å². The van der Waals surface area contributed by atoms with Crippen LogP contribution in [0.1, 0.15) is 24.2 Å². The Kier molecular flexibility index (Phi) is 3.90. The number of hydrogen-bond donors (Lipinski definition) is 1. The monoisotopic (exact) mass is 227 g/mol. The fourth-order valence-corrected chi connectivity index (χ4v) is 1.49. The van der Waals surface area contributed by atoms with Gasteiger partial charge in [0.15, 0.2) is 0 Å². The Bertz CT molecular complexity index is 368. The number of nitrogens with two attached hydrogens (primary N) is 1. The molecule has 0 unspecified atom stereocenters. The van der Waals surface area contributed by atoms with Gasteiger partial charge in [-0.1, -0.05) is 0 Å². The van der Waals surface area contributed by atoms with Crippen LogP contribution in [0.5, 0.6) is 0 Å². The first-order valence-electron chi connectivity index (χ1n) is 4.42. The maximum atomic E-state index is 11.6. The number of nitrogen functional groups attached to an aromatic ring is 1. The van der Waals surface area contributed by atoms with E-state index in [2.05, 4.69) is 9.97 Å². The molecule has 15 heavy (non-hydrogen) atoms. The second-order valence-electron chi connectivity index (χ2n) is 3.11. The molecular formula is C9H13N3O2S. The molecule has 0 aromatic carbocycles. The Hall–Kier alpha value is -1.30. The first kappa shape index (κ1) is 11.8. The normalized spacial score (nSPS) is 10.4. The van der Waals surface area contributed by atoms with Gasteiger partial charge in [0.05, 0.1) is 6.10 Å². The quantitative estimate of drug-likeness (QED) is 0.477. The lowest BCUT2D eigenvalue weighted by atomic mass is 10.3. The highest BCUT2D eigenvalue weighted by atomic mass is 32.2. The van der Waals surface area contributed by atoms with Gasteiger partial charge in [-0.05, 0) is 20.1 Å². The van der Waals surface area contributed by atoms with Gasteiger partial charge < -0.3 is 10.5 Å². The van der Waals surface area contributed by atoms with Crippen LogP contribution < -0.4 is 5.73 Å². The summed E-state index contributed by atoms with van der Waals surface area (Å²) >= 11 is 1.33. The molecule has 0 bridgehead atoms. The van der Waals surface area contributed by atoms with Gasteiger partial charge in [0.25, 0.3) is 0 Å². The maximum absolute atomic E-state index is 11.6. The van der Waals surface area contributed by atoms with Crippen LogP contribution in [0.3, 0.4) is 0 Å². The number of carbonyl (C=O) groups is 1. The average molecular weight is 227 g/mol. The van der Waals surface area contributed by atoms with Crippen LogP contribution in [0.15, 0.2) is 11.2 Å². The van der Waals surface area contributed by atoms with Crippen molar-refractivity contribution in [3.63, 3.8) is 0 Å². The standard InChI is InChI=1S/C9H13N3O2S/c1-5(2)14-8(13)6-4-11-9(10)12-7(6)15-3/h4-5H,1-3H3,(H2,10,11,12). The minimum atomic E-state index is -0.422. The molecular weight excluding hydrogens is 214 g/mol. The van der Waals surface area contributed by atoms with E-state index < -0.39 is 5.97 Å². The van der Waals surface area contributed by atoms with Crippen molar-refractivity contribution in [2.45, 2.75) is 25.0 Å². The molecule has 1 aromatic heterocycles. The van der Waals surface area contributed by atoms with Gasteiger partial charge in [0.1, 0.15) is 10.6 Å². The third kappa shape index (κ3) is 3.09. The summed E-state index contributed by atoms with van der Waals surface area (Å²) in [5.74, 6) is -0.269. The highest BCUT2D eigenvalue weighted by Crippen LogP contribution is 2.18. The fraction of sp³-hybridized carbons (Fsp3) is 0.444. The lowest BCUT2D eigenvalue weighted by Crippen LogP contribution is -2.14. The molecule has 0 aliphatic heterocycles. The molecule has 82 valence electrons. The summed E-state index contributed by atoms with van der Waals surface area (Å²) in [4.78, 5) is 19.3. The highest BCUT2D eigenvalue weighted by Gasteiger charge is 2.15. The topological polar surface area (TPSA) is 78.1 Å². The molecule has 2 N–H and O–H groups in total. The van der Waals surface area contributed by atoms with Crippen molar-refractivity contribution in [2.75, 3.05) is 12.0 Å². The van der Waals surface area contributed by atoms with Crippen LogP contribution >= 0.6 is 11.8 Å². The van der Waals surface area contributed by atoms with Crippen LogP contribution in [0.2, 0.25) is 0 Å². The molecule has 5 nitrogen and oxygen atoms in total. The third-order valence-electron chi connectivity index (χ3n) is 1.53. The number of ether oxygens (including phenoxy) is 1. The smallest absolute Gasteiger partial charge is 0.342 e. The lowest BCUT2D eigenvalue weighted by Gasteiger charge is -2.09. The van der Waals surface area contributed by atoms with Crippen molar-refractivity contribution in [2.24, 2.45) is 0 Å². The minimum absolute atomic E-state index is 0.153. The van der Waals surface area contributed by atoms with Crippen molar-refractivity contribution in [3.05, 3.63) is 11.8 Å². The number of thioether (sulfide) groups is 1. The van der Waals surface area contributed by atoms with Crippen LogP contribution in [0.4, 0.5) is 5.95 Å². The Morgan fingerprint density at radius 1 is 1.60 bits per heavy atom. The van der Waals surface area contributed by atoms with E-state index in [-0.39, 0.29) is 12.1 Å². The number of rotatable bonds is 3. The summed E-state index contributed by atoms with van der Waals surface area (Å²) in [6.45, 7) is 3.57. The van der Waals surface area contributed by atoms with Crippen molar-refractivity contribution < 1.29 is 9.53 Å². The third-order valence-corrected chi connectivity index (χ3v) is 2.23. The van der Waals surface area contributed by atoms with Crippen LogP contribution in [0, 0.1) is 0 Å². The Labute approximate surface area is 92.4 Å². The van der Waals surface area contributed by atoms with E-state index in [1.165, 1.54) is 18.0 Å². The second kappa shape index (κ2) is 4.97. The summed E-state index contributed by atoms with van der Waals surface area (Å²) in [5.41, 5.74) is 5.77. The zero-order valence-corrected chi connectivity index (χ0v) is 9.67. The number of anilines is 1. The van der Waals surface area contributed by atoms with E-state index in [0.29, 0.717) is 10.6 Å². The number of hydrogen-bond acceptors (Lipinski definition) is 6. The van der Waals surface area contributed by atoms with Crippen LogP contribution in [-0.2, 0) is 4.74 Å². The molecule has 0 aliphatic carbocycles. The average Bonchev–Trinajstić information content (AvgIpc) is 2.16. The highest BCUT2D eigenvalue weighted by molar-refractivity contribution is 7.98. The van der Waals surface area contributed by atoms with Crippen LogP contribution in [0.25, 0.3) is 0 Å². The molecule has 0 saturated heterocycles. The second-order valence-corrected chi connectivity index (χ2v) is 3.90. The minimum Gasteiger partial charge on any atom is -0.459 e. The zero-order chi connectivity index (χ0) is 11.4. The van der Waals surface area contributed by atoms with Crippen LogP contribution in [-0.4, -0.2) is 28.3 Å². The molecule has 1 aromatic rings. The Morgan fingerprint density at radius 3 is 2.80 bits per heavy atom. The molecule has 1 heterocycles. The van der Waals surface area contributed by atoms with Gasteiger partial charge >= 0.3 is 5.97 Å². The lowest BCUT2D eigenvalue weighted by molar-refractivity contribution is 0.0372. The van der Waals surface area contributed by atoms with Gasteiger partial charge in [-0.15, -0.1) is 11.8 Å². The van der Waals surface area contributed by atoms with E-state index in [9.17, 15) is 4.79 Å². The molecule has 6 heteroatoms. The van der Waals surface area contributed by atoms with E-state index in [1.807, 2.05) is 6.26 Å². The summed E-state index contributed by atoms with van der Waals surface area (Å²) in [6.07, 6.45) is 3.04. The molecule has 0 radical (unpaired) electrons. The van der Waals surface area contributed by atoms with Gasteiger partial charge in [0.2, 0.25) is 5.95 Å². The van der Waals surface area contributed by atoms with Crippen molar-refractivity contribution in [3.8, 4) is 0 Å².